The number of carbonyl (C=O) groups excluding carboxylic acids is 1. The Kier molecular flexibility index (Phi) is 5.16. The highest BCUT2D eigenvalue weighted by atomic mass is 35.5. The van der Waals surface area contributed by atoms with Crippen LogP contribution in [-0.4, -0.2) is 31.8 Å². The second kappa shape index (κ2) is 6.98. The molecule has 0 radical (unpaired) electrons. The van der Waals surface area contributed by atoms with Gasteiger partial charge in [0, 0.05) is 19.0 Å². The van der Waals surface area contributed by atoms with E-state index >= 15 is 0 Å². The molecular formula is C17H21Cl2NO3. The van der Waals surface area contributed by atoms with E-state index in [2.05, 4.69) is 5.32 Å². The smallest absolute Gasteiger partial charge is 0.306 e. The Morgan fingerprint density at radius 2 is 2.22 bits per heavy atom. The highest BCUT2D eigenvalue weighted by Gasteiger charge is 2.48. The van der Waals surface area contributed by atoms with Crippen LogP contribution in [0.15, 0.2) is 12.1 Å². The van der Waals surface area contributed by atoms with Crippen LogP contribution < -0.4 is 5.32 Å². The normalized spacial score (nSPS) is 25.8. The predicted molar refractivity (Wildman–Crippen MR) is 90.1 cm³/mol. The third-order valence-corrected chi connectivity index (χ3v) is 5.24. The van der Waals surface area contributed by atoms with Gasteiger partial charge < -0.3 is 14.8 Å². The second-order valence-electron chi connectivity index (χ2n) is 6.23. The summed E-state index contributed by atoms with van der Waals surface area (Å²) >= 11 is 12.4. The van der Waals surface area contributed by atoms with Crippen molar-refractivity contribution in [2.75, 3.05) is 19.8 Å². The van der Waals surface area contributed by atoms with E-state index in [4.69, 9.17) is 32.7 Å². The molecule has 2 aliphatic rings. The first-order valence-corrected chi connectivity index (χ1v) is 8.81. The molecule has 2 heterocycles. The monoisotopic (exact) mass is 357 g/mol. The van der Waals surface area contributed by atoms with Gasteiger partial charge >= 0.3 is 5.97 Å². The molecule has 3 rings (SSSR count). The minimum Gasteiger partial charge on any atom is -0.466 e. The van der Waals surface area contributed by atoms with Crippen LogP contribution in [0.25, 0.3) is 0 Å². The number of fused-ring (bicyclic) bond motifs is 2. The van der Waals surface area contributed by atoms with Gasteiger partial charge in [0.15, 0.2) is 0 Å². The van der Waals surface area contributed by atoms with Crippen molar-refractivity contribution in [2.45, 2.75) is 44.2 Å². The van der Waals surface area contributed by atoms with Crippen LogP contribution in [0.1, 0.15) is 37.3 Å². The van der Waals surface area contributed by atoms with Gasteiger partial charge in [-0.05, 0) is 42.5 Å². The summed E-state index contributed by atoms with van der Waals surface area (Å²) in [6.07, 6.45) is 2.66. The average molecular weight is 358 g/mol. The molecule has 126 valence electrons. The molecule has 6 heteroatoms. The topological polar surface area (TPSA) is 47.6 Å². The van der Waals surface area contributed by atoms with Gasteiger partial charge in [0.25, 0.3) is 0 Å². The number of halogens is 2. The highest BCUT2D eigenvalue weighted by Crippen LogP contribution is 2.44. The Labute approximate surface area is 146 Å². The number of aryl methyl sites for hydroxylation is 1. The van der Waals surface area contributed by atoms with Crippen molar-refractivity contribution in [3.05, 3.63) is 33.3 Å². The van der Waals surface area contributed by atoms with Crippen LogP contribution in [0.3, 0.4) is 0 Å². The van der Waals surface area contributed by atoms with Crippen LogP contribution in [-0.2, 0) is 26.3 Å². The SMILES string of the molecule is CCCOC(=O)CCc1cc(Cl)c(Cl)cc1C12CNC(CO1)C2. The van der Waals surface area contributed by atoms with Crippen molar-refractivity contribution in [1.82, 2.24) is 5.32 Å². The number of morpholine rings is 1. The Bertz CT molecular complexity index is 598. The maximum Gasteiger partial charge on any atom is 0.306 e. The molecule has 1 N–H and O–H groups in total. The van der Waals surface area contributed by atoms with E-state index in [-0.39, 0.29) is 11.6 Å². The molecule has 0 aromatic heterocycles. The number of hydrogen-bond acceptors (Lipinski definition) is 4. The van der Waals surface area contributed by atoms with Crippen LogP contribution in [0.5, 0.6) is 0 Å². The van der Waals surface area contributed by atoms with E-state index in [1.807, 2.05) is 19.1 Å². The fourth-order valence-electron chi connectivity index (χ4n) is 3.37. The third-order valence-electron chi connectivity index (χ3n) is 4.52. The van der Waals surface area contributed by atoms with Crippen LogP contribution in [0, 0.1) is 0 Å². The lowest BCUT2D eigenvalue weighted by Crippen LogP contribution is -2.38. The molecule has 2 bridgehead atoms. The maximum atomic E-state index is 11.8. The number of nitrogens with one attached hydrogen (secondary N) is 1. The van der Waals surface area contributed by atoms with Crippen molar-refractivity contribution < 1.29 is 14.3 Å². The van der Waals surface area contributed by atoms with Gasteiger partial charge in [0.05, 0.1) is 23.3 Å². The predicted octanol–water partition coefficient (Wildman–Crippen LogP) is 3.47. The minimum absolute atomic E-state index is 0.184. The van der Waals surface area contributed by atoms with Gasteiger partial charge in [-0.1, -0.05) is 30.1 Å². The summed E-state index contributed by atoms with van der Waals surface area (Å²) in [6, 6.07) is 4.15. The van der Waals surface area contributed by atoms with Crippen molar-refractivity contribution in [2.24, 2.45) is 0 Å². The fraction of sp³-hybridized carbons (Fsp3) is 0.588. The molecule has 23 heavy (non-hydrogen) atoms. The van der Waals surface area contributed by atoms with Gasteiger partial charge in [0.2, 0.25) is 0 Å². The number of rotatable bonds is 6. The molecule has 1 aromatic carbocycles. The van der Waals surface area contributed by atoms with Gasteiger partial charge in [-0.2, -0.15) is 0 Å². The van der Waals surface area contributed by atoms with Crippen LogP contribution in [0.4, 0.5) is 0 Å². The number of hydrogen-bond donors (Lipinski definition) is 1. The molecular weight excluding hydrogens is 337 g/mol. The summed E-state index contributed by atoms with van der Waals surface area (Å²) in [5, 5.41) is 4.48. The Hall–Kier alpha value is -0.810. The van der Waals surface area contributed by atoms with E-state index in [0.29, 0.717) is 42.1 Å². The van der Waals surface area contributed by atoms with E-state index in [9.17, 15) is 4.79 Å². The zero-order valence-electron chi connectivity index (χ0n) is 13.2. The summed E-state index contributed by atoms with van der Waals surface area (Å²) in [5.41, 5.74) is 1.71. The molecule has 2 saturated heterocycles. The van der Waals surface area contributed by atoms with Crippen molar-refractivity contribution >= 4 is 29.2 Å². The lowest BCUT2D eigenvalue weighted by molar-refractivity contribution is -0.143. The summed E-state index contributed by atoms with van der Waals surface area (Å²) in [4.78, 5) is 11.8. The standard InChI is InChI=1S/C17H21Cl2NO3/c1-2-5-22-16(21)4-3-11-6-14(18)15(19)7-13(11)17-8-12(9-23-17)20-10-17/h6-7,12,20H,2-5,8-10H2,1H3. The molecule has 4 nitrogen and oxygen atoms in total. The number of carbonyl (C=O) groups is 1. The zero-order chi connectivity index (χ0) is 16.4. The molecule has 2 atom stereocenters. The fourth-order valence-corrected chi connectivity index (χ4v) is 3.72. The van der Waals surface area contributed by atoms with Gasteiger partial charge in [-0.15, -0.1) is 0 Å². The maximum absolute atomic E-state index is 11.8. The van der Waals surface area contributed by atoms with E-state index < -0.39 is 0 Å². The van der Waals surface area contributed by atoms with Gasteiger partial charge in [-0.25, -0.2) is 0 Å². The van der Waals surface area contributed by atoms with E-state index in [0.717, 1.165) is 30.5 Å². The molecule has 1 aromatic rings. The Morgan fingerprint density at radius 1 is 1.43 bits per heavy atom. The summed E-state index contributed by atoms with van der Waals surface area (Å²) in [6.45, 7) is 3.91. The van der Waals surface area contributed by atoms with E-state index in [1.165, 1.54) is 0 Å². The largest absolute Gasteiger partial charge is 0.466 e. The summed E-state index contributed by atoms with van der Waals surface area (Å²) in [5.74, 6) is -0.184. The molecule has 0 spiro atoms. The van der Waals surface area contributed by atoms with Gasteiger partial charge in [-0.3, -0.25) is 4.79 Å². The highest BCUT2D eigenvalue weighted by molar-refractivity contribution is 6.42. The third kappa shape index (κ3) is 3.50. The lowest BCUT2D eigenvalue weighted by atomic mass is 9.87. The summed E-state index contributed by atoms with van der Waals surface area (Å²) < 4.78 is 11.2. The Morgan fingerprint density at radius 3 is 2.83 bits per heavy atom. The first-order valence-electron chi connectivity index (χ1n) is 8.05. The molecule has 0 aliphatic carbocycles. The molecule has 2 aliphatic heterocycles. The zero-order valence-corrected chi connectivity index (χ0v) is 14.7. The van der Waals surface area contributed by atoms with Crippen LogP contribution in [0.2, 0.25) is 10.0 Å². The quantitative estimate of drug-likeness (QED) is 0.791. The van der Waals surface area contributed by atoms with Crippen molar-refractivity contribution in [1.29, 1.82) is 0 Å². The van der Waals surface area contributed by atoms with Crippen molar-refractivity contribution in [3.8, 4) is 0 Å². The number of esters is 1. The molecule has 0 saturated carbocycles. The lowest BCUT2D eigenvalue weighted by Gasteiger charge is -2.30. The minimum atomic E-state index is -0.346. The number of ether oxygens (including phenoxy) is 2. The van der Waals surface area contributed by atoms with Crippen LogP contribution >= 0.6 is 23.2 Å². The van der Waals surface area contributed by atoms with E-state index in [1.54, 1.807) is 0 Å². The summed E-state index contributed by atoms with van der Waals surface area (Å²) in [7, 11) is 0. The average Bonchev–Trinajstić information content (AvgIpc) is 3.15. The second-order valence-corrected chi connectivity index (χ2v) is 7.05. The number of benzene rings is 1. The van der Waals surface area contributed by atoms with Crippen molar-refractivity contribution in [3.63, 3.8) is 0 Å². The Balaban J connectivity index is 1.81. The first kappa shape index (κ1) is 17.0. The molecule has 2 fully saturated rings. The molecule has 2 unspecified atom stereocenters. The van der Waals surface area contributed by atoms with Gasteiger partial charge in [0.1, 0.15) is 5.60 Å². The molecule has 0 amide bonds. The first-order chi connectivity index (χ1) is 11.0.